The van der Waals surface area contributed by atoms with E-state index in [2.05, 4.69) is 4.72 Å². The third-order valence-corrected chi connectivity index (χ3v) is 6.75. The van der Waals surface area contributed by atoms with E-state index in [0.717, 1.165) is 12.0 Å². The summed E-state index contributed by atoms with van der Waals surface area (Å²) in [6.45, 7) is 2.91. The second kappa shape index (κ2) is 11.2. The largest absolute Gasteiger partial charge is 0.466 e. The van der Waals surface area contributed by atoms with Gasteiger partial charge in [-0.15, -0.1) is 0 Å². The van der Waals surface area contributed by atoms with E-state index in [1.165, 1.54) is 24.1 Å². The standard InChI is InChI=1S/C21H31N3O6S/c1-4-30-21(27)17-6-5-13-24(14-17)20(26)15-23(3)19(25)12-9-16-7-10-18(11-8-16)31(28,29)22-2/h7-8,10-11,17,22H,4-6,9,12-15H2,1-3H3. The van der Waals surface area contributed by atoms with Gasteiger partial charge >= 0.3 is 5.97 Å². The Morgan fingerprint density at radius 3 is 2.52 bits per heavy atom. The second-order valence-corrected chi connectivity index (χ2v) is 9.42. The molecule has 1 aromatic carbocycles. The summed E-state index contributed by atoms with van der Waals surface area (Å²) in [7, 11) is -0.567. The van der Waals surface area contributed by atoms with E-state index in [0.29, 0.717) is 32.5 Å². The molecule has 0 spiro atoms. The van der Waals surface area contributed by atoms with Crippen molar-refractivity contribution in [3.63, 3.8) is 0 Å². The van der Waals surface area contributed by atoms with Crippen molar-refractivity contribution in [1.82, 2.24) is 14.5 Å². The molecule has 1 unspecified atom stereocenters. The van der Waals surface area contributed by atoms with E-state index in [9.17, 15) is 22.8 Å². The minimum atomic E-state index is -3.49. The Morgan fingerprint density at radius 2 is 1.90 bits per heavy atom. The van der Waals surface area contributed by atoms with Gasteiger partial charge in [-0.25, -0.2) is 13.1 Å². The maximum atomic E-state index is 12.6. The molecule has 0 saturated carbocycles. The van der Waals surface area contributed by atoms with Gasteiger partial charge in [0.05, 0.1) is 24.0 Å². The number of esters is 1. The molecule has 1 fully saturated rings. The average Bonchev–Trinajstić information content (AvgIpc) is 2.77. The van der Waals surface area contributed by atoms with Gasteiger partial charge in [0.25, 0.3) is 0 Å². The van der Waals surface area contributed by atoms with Crippen LogP contribution < -0.4 is 4.72 Å². The SMILES string of the molecule is CCOC(=O)C1CCCN(C(=O)CN(C)C(=O)CCc2ccc(S(=O)(=O)NC)cc2)C1. The van der Waals surface area contributed by atoms with Crippen LogP contribution in [0.2, 0.25) is 0 Å². The number of nitrogens with zero attached hydrogens (tertiary/aromatic N) is 2. The highest BCUT2D eigenvalue weighted by Gasteiger charge is 2.30. The molecule has 172 valence electrons. The van der Waals surface area contributed by atoms with Crippen LogP contribution in [0.5, 0.6) is 0 Å². The number of carbonyl (C=O) groups excluding carboxylic acids is 3. The predicted octanol–water partition coefficient (Wildman–Crippen LogP) is 0.787. The fraction of sp³-hybridized carbons (Fsp3) is 0.571. The molecule has 0 bridgehead atoms. The van der Waals surface area contributed by atoms with Gasteiger partial charge in [-0.05, 0) is 50.9 Å². The van der Waals surface area contributed by atoms with Gasteiger partial charge in [0, 0.05) is 26.6 Å². The summed E-state index contributed by atoms with van der Waals surface area (Å²) >= 11 is 0. The predicted molar refractivity (Wildman–Crippen MR) is 115 cm³/mol. The Labute approximate surface area is 183 Å². The van der Waals surface area contributed by atoms with Crippen LogP contribution in [-0.4, -0.2) is 76.3 Å². The summed E-state index contributed by atoms with van der Waals surface area (Å²) in [6.07, 6.45) is 2.07. The van der Waals surface area contributed by atoms with Crippen molar-refractivity contribution in [2.45, 2.75) is 37.5 Å². The molecule has 9 nitrogen and oxygen atoms in total. The highest BCUT2D eigenvalue weighted by atomic mass is 32.2. The maximum absolute atomic E-state index is 12.6. The molecule has 2 rings (SSSR count). The number of benzene rings is 1. The first kappa shape index (κ1) is 24.8. The van der Waals surface area contributed by atoms with Gasteiger partial charge in [0.2, 0.25) is 21.8 Å². The monoisotopic (exact) mass is 453 g/mol. The van der Waals surface area contributed by atoms with Gasteiger partial charge in [-0.2, -0.15) is 0 Å². The fourth-order valence-electron chi connectivity index (χ4n) is 3.44. The van der Waals surface area contributed by atoms with Crippen molar-refractivity contribution in [3.8, 4) is 0 Å². The summed E-state index contributed by atoms with van der Waals surface area (Å²) in [5.74, 6) is -0.961. The summed E-state index contributed by atoms with van der Waals surface area (Å²) < 4.78 is 30.8. The number of sulfonamides is 1. The van der Waals surface area contributed by atoms with Crippen molar-refractivity contribution < 1.29 is 27.5 Å². The Morgan fingerprint density at radius 1 is 1.23 bits per heavy atom. The van der Waals surface area contributed by atoms with Crippen molar-refractivity contribution in [2.24, 2.45) is 5.92 Å². The number of hydrogen-bond acceptors (Lipinski definition) is 6. The number of carbonyl (C=O) groups is 3. The minimum Gasteiger partial charge on any atom is -0.466 e. The van der Waals surface area contributed by atoms with Gasteiger partial charge in [-0.1, -0.05) is 12.1 Å². The number of amides is 2. The number of piperidine rings is 1. The Hall–Kier alpha value is -2.46. The molecule has 0 aromatic heterocycles. The van der Waals surface area contributed by atoms with Gasteiger partial charge in [0.1, 0.15) is 0 Å². The second-order valence-electron chi connectivity index (χ2n) is 7.53. The van der Waals surface area contributed by atoms with Gasteiger partial charge < -0.3 is 14.5 Å². The van der Waals surface area contributed by atoms with E-state index in [-0.39, 0.29) is 41.6 Å². The molecule has 0 radical (unpaired) electrons. The van der Waals surface area contributed by atoms with Gasteiger partial charge in [0.15, 0.2) is 0 Å². The topological polar surface area (TPSA) is 113 Å². The maximum Gasteiger partial charge on any atom is 0.310 e. The van der Waals surface area contributed by atoms with Crippen LogP contribution in [0.1, 0.15) is 31.7 Å². The molecule has 31 heavy (non-hydrogen) atoms. The van der Waals surface area contributed by atoms with Crippen molar-refractivity contribution in [3.05, 3.63) is 29.8 Å². The first-order valence-electron chi connectivity index (χ1n) is 10.4. The molecule has 1 atom stereocenters. The average molecular weight is 454 g/mol. The summed E-state index contributed by atoms with van der Waals surface area (Å²) in [4.78, 5) is 40.1. The van der Waals surface area contributed by atoms with Crippen LogP contribution in [0.3, 0.4) is 0 Å². The molecule has 1 aliphatic heterocycles. The zero-order chi connectivity index (χ0) is 23.0. The summed E-state index contributed by atoms with van der Waals surface area (Å²) in [6, 6.07) is 6.34. The molecule has 1 aromatic rings. The van der Waals surface area contributed by atoms with E-state index in [1.54, 1.807) is 31.0 Å². The number of aryl methyl sites for hydroxylation is 1. The highest BCUT2D eigenvalue weighted by Crippen LogP contribution is 2.18. The Kier molecular flexibility index (Phi) is 9.00. The molecule has 10 heteroatoms. The lowest BCUT2D eigenvalue weighted by molar-refractivity contribution is -0.152. The lowest BCUT2D eigenvalue weighted by atomic mass is 9.98. The lowest BCUT2D eigenvalue weighted by Crippen LogP contribution is -2.47. The lowest BCUT2D eigenvalue weighted by Gasteiger charge is -2.32. The molecular formula is C21H31N3O6S. The first-order valence-corrected chi connectivity index (χ1v) is 11.9. The van der Waals surface area contributed by atoms with Crippen molar-refractivity contribution in [1.29, 1.82) is 0 Å². The van der Waals surface area contributed by atoms with Crippen LogP contribution in [0.4, 0.5) is 0 Å². The molecule has 1 N–H and O–H groups in total. The van der Waals surface area contributed by atoms with Gasteiger partial charge in [-0.3, -0.25) is 14.4 Å². The zero-order valence-electron chi connectivity index (χ0n) is 18.3. The third-order valence-electron chi connectivity index (χ3n) is 5.32. The highest BCUT2D eigenvalue weighted by molar-refractivity contribution is 7.89. The number of nitrogens with one attached hydrogen (secondary N) is 1. The molecular weight excluding hydrogens is 422 g/mol. The quantitative estimate of drug-likeness (QED) is 0.553. The van der Waals surface area contributed by atoms with E-state index < -0.39 is 10.0 Å². The molecule has 1 heterocycles. The van der Waals surface area contributed by atoms with E-state index in [1.807, 2.05) is 0 Å². The molecule has 1 saturated heterocycles. The van der Waals surface area contributed by atoms with Crippen molar-refractivity contribution >= 4 is 27.8 Å². The number of ether oxygens (including phenoxy) is 1. The minimum absolute atomic E-state index is 0.0479. The first-order chi connectivity index (χ1) is 14.7. The van der Waals surface area contributed by atoms with Crippen molar-refractivity contribution in [2.75, 3.05) is 40.3 Å². The van der Waals surface area contributed by atoms with Crippen LogP contribution in [-0.2, 0) is 35.6 Å². The zero-order valence-corrected chi connectivity index (χ0v) is 19.1. The number of likely N-dealkylation sites (tertiary alicyclic amines) is 1. The number of hydrogen-bond donors (Lipinski definition) is 1. The molecule has 1 aliphatic rings. The Bertz CT molecular complexity index is 885. The Balaban J connectivity index is 1.83. The van der Waals surface area contributed by atoms with E-state index >= 15 is 0 Å². The summed E-state index contributed by atoms with van der Waals surface area (Å²) in [5, 5.41) is 0. The molecule has 0 aliphatic carbocycles. The fourth-order valence-corrected chi connectivity index (χ4v) is 4.17. The van der Waals surface area contributed by atoms with Crippen LogP contribution in [0, 0.1) is 5.92 Å². The van der Waals surface area contributed by atoms with Crippen LogP contribution in [0.15, 0.2) is 29.2 Å². The van der Waals surface area contributed by atoms with Crippen LogP contribution >= 0.6 is 0 Å². The summed E-state index contributed by atoms with van der Waals surface area (Å²) in [5.41, 5.74) is 0.830. The number of likely N-dealkylation sites (N-methyl/N-ethyl adjacent to an activating group) is 1. The smallest absolute Gasteiger partial charge is 0.310 e. The number of rotatable bonds is 9. The van der Waals surface area contributed by atoms with Crippen LogP contribution in [0.25, 0.3) is 0 Å². The normalized spacial score (nSPS) is 16.6. The molecule has 2 amide bonds. The third kappa shape index (κ3) is 7.03. The van der Waals surface area contributed by atoms with E-state index in [4.69, 9.17) is 4.74 Å².